The van der Waals surface area contributed by atoms with E-state index in [2.05, 4.69) is 0 Å². The Morgan fingerprint density at radius 1 is 0.500 bits per heavy atom. The summed E-state index contributed by atoms with van der Waals surface area (Å²) in [5.41, 5.74) is 0. The van der Waals surface area contributed by atoms with Crippen molar-refractivity contribution in [1.82, 2.24) is 9.80 Å². The van der Waals surface area contributed by atoms with E-state index in [9.17, 15) is 9.36 Å². The normalized spacial score (nSPS) is 25.0. The first-order valence-corrected chi connectivity index (χ1v) is 25.8. The molecule has 7 aliphatic rings. The van der Waals surface area contributed by atoms with Gasteiger partial charge in [0, 0.05) is 38.4 Å². The molecule has 2 amide bonds. The van der Waals surface area contributed by atoms with Crippen molar-refractivity contribution in [2.24, 2.45) is 0 Å². The number of halogens is 1. The fourth-order valence-corrected chi connectivity index (χ4v) is 11.9. The van der Waals surface area contributed by atoms with Crippen LogP contribution in [-0.2, 0) is 27.2 Å². The first kappa shape index (κ1) is 46.7. The van der Waals surface area contributed by atoms with E-state index < -0.39 is 15.6 Å². The lowest BCUT2D eigenvalue weighted by atomic mass is 9.98. The van der Waals surface area contributed by atoms with Gasteiger partial charge in [-0.15, -0.1) is 0 Å². The van der Waals surface area contributed by atoms with Crippen molar-refractivity contribution < 1.29 is 37.1 Å². The molecule has 0 radical (unpaired) electrons. The lowest BCUT2D eigenvalue weighted by Gasteiger charge is -2.32. The molecule has 0 aromatic heterocycles. The van der Waals surface area contributed by atoms with E-state index in [0.29, 0.717) is 18.3 Å². The van der Waals surface area contributed by atoms with E-state index in [0.717, 1.165) is 77.3 Å². The molecule has 0 spiro atoms. The van der Waals surface area contributed by atoms with Gasteiger partial charge >= 0.3 is 21.6 Å². The standard InChI is InChI=1S/C18H33O3P.C12H22ClO3P.C6H12O.C5H10N2O/c1-4-10-16(11-5-1)19-22(20-17-12-6-2-7-13-17)21-18-14-8-3-9-15-18;13-17(14,15-11-7-3-1-4-8-11)16-12-9-5-2-6-10-12;7-6-4-2-1-3-5-6;1-6-3-4-7(2)5(6)8/h16-18H,1-15H2;11-12H,1-10H2;6-7H,1-5H2;3-4H2,1-2H3. The summed E-state index contributed by atoms with van der Waals surface area (Å²) in [6.07, 6.45) is 37.2. The van der Waals surface area contributed by atoms with E-state index in [-0.39, 0.29) is 24.3 Å². The Kier molecular flexibility index (Phi) is 23.2. The number of aliphatic hydroxyl groups is 1. The first-order valence-electron chi connectivity index (χ1n) is 22.3. The van der Waals surface area contributed by atoms with Gasteiger partial charge in [0.25, 0.3) is 0 Å². The van der Waals surface area contributed by atoms with Crippen LogP contribution in [0.15, 0.2) is 0 Å². The van der Waals surface area contributed by atoms with Crippen molar-refractivity contribution in [1.29, 1.82) is 0 Å². The summed E-state index contributed by atoms with van der Waals surface area (Å²) in [4.78, 5) is 14.2. The molecule has 1 heterocycles. The van der Waals surface area contributed by atoms with Crippen molar-refractivity contribution in [2.75, 3.05) is 27.2 Å². The quantitative estimate of drug-likeness (QED) is 0.217. The molecule has 13 heteroatoms. The highest BCUT2D eigenvalue weighted by Gasteiger charge is 2.32. The van der Waals surface area contributed by atoms with Gasteiger partial charge in [-0.25, -0.2) is 9.36 Å². The molecule has 10 nitrogen and oxygen atoms in total. The van der Waals surface area contributed by atoms with Crippen LogP contribution in [0.25, 0.3) is 0 Å². The number of carbonyl (C=O) groups excluding carboxylic acids is 1. The van der Waals surface area contributed by atoms with Gasteiger partial charge in [0.15, 0.2) is 0 Å². The van der Waals surface area contributed by atoms with Gasteiger partial charge in [0.05, 0.1) is 36.6 Å². The second-order valence-electron chi connectivity index (χ2n) is 16.9. The SMILES string of the molecule is C1CCC(OP(OC2CCCCC2)OC2CCCCC2)CC1.CN1CCN(C)C1=O.O=P(Cl)(OC1CCCCC1)OC1CCCCC1.OC1CCCCC1. The Bertz CT molecular complexity index is 945. The molecule has 6 aliphatic carbocycles. The van der Waals surface area contributed by atoms with Crippen LogP contribution in [0.5, 0.6) is 0 Å². The van der Waals surface area contributed by atoms with Crippen molar-refractivity contribution in [3.8, 4) is 0 Å². The minimum absolute atomic E-state index is 0.0359. The smallest absolute Gasteiger partial charge is 0.393 e. The largest absolute Gasteiger partial charge is 0.424 e. The van der Waals surface area contributed by atoms with Crippen LogP contribution in [0.1, 0.15) is 193 Å². The lowest BCUT2D eigenvalue weighted by Crippen LogP contribution is -2.25. The number of likely N-dealkylation sites (N-methyl/N-ethyl adjacent to an activating group) is 2. The molecule has 7 rings (SSSR count). The van der Waals surface area contributed by atoms with Crippen molar-refractivity contribution in [2.45, 2.75) is 229 Å². The molecule has 1 aliphatic heterocycles. The predicted octanol–water partition coefficient (Wildman–Crippen LogP) is 12.6. The maximum Gasteiger partial charge on any atom is 0.424 e. The summed E-state index contributed by atoms with van der Waals surface area (Å²) in [6.45, 7) is -1.62. The van der Waals surface area contributed by atoms with E-state index in [4.69, 9.17) is 39.0 Å². The average molecular weight is 823 g/mol. The molecule has 0 aromatic carbocycles. The van der Waals surface area contributed by atoms with Gasteiger partial charge in [0.2, 0.25) is 0 Å². The molecule has 1 saturated heterocycles. The van der Waals surface area contributed by atoms with Crippen LogP contribution in [-0.4, -0.2) is 84.7 Å². The van der Waals surface area contributed by atoms with Crippen LogP contribution in [0.2, 0.25) is 0 Å². The van der Waals surface area contributed by atoms with Gasteiger partial charge in [-0.05, 0) is 77.0 Å². The molecule has 0 unspecified atom stereocenters. The molecule has 316 valence electrons. The number of rotatable bonds is 10. The fourth-order valence-electron chi connectivity index (χ4n) is 8.54. The molecule has 0 atom stereocenters. The van der Waals surface area contributed by atoms with E-state index in [1.54, 1.807) is 9.80 Å². The molecule has 54 heavy (non-hydrogen) atoms. The number of hydrogen-bond acceptors (Lipinski definition) is 8. The zero-order chi connectivity index (χ0) is 38.4. The van der Waals surface area contributed by atoms with Gasteiger partial charge in [-0.1, -0.05) is 116 Å². The summed E-state index contributed by atoms with van der Waals surface area (Å²) in [6, 6.07) is 0.130. The number of urea groups is 1. The minimum Gasteiger partial charge on any atom is -0.393 e. The topological polar surface area (TPSA) is 107 Å². The second kappa shape index (κ2) is 26.9. The second-order valence-corrected chi connectivity index (χ2v) is 20.5. The fraction of sp³-hybridized carbons (Fsp3) is 0.976. The van der Waals surface area contributed by atoms with Gasteiger partial charge in [-0.3, -0.25) is 9.05 Å². The molecular formula is C41H77ClN2O8P2. The van der Waals surface area contributed by atoms with Crippen LogP contribution in [0, 0.1) is 0 Å². The highest BCUT2D eigenvalue weighted by molar-refractivity contribution is 7.81. The van der Waals surface area contributed by atoms with Gasteiger partial charge < -0.3 is 28.5 Å². The highest BCUT2D eigenvalue weighted by Crippen LogP contribution is 2.57. The predicted molar refractivity (Wildman–Crippen MR) is 220 cm³/mol. The summed E-state index contributed by atoms with van der Waals surface area (Å²) in [5.74, 6) is 0. The number of carbonyl (C=O) groups is 1. The summed E-state index contributed by atoms with van der Waals surface area (Å²) in [7, 11) is 2.49. The van der Waals surface area contributed by atoms with Gasteiger partial charge in [0.1, 0.15) is 0 Å². The Hall–Kier alpha value is -0.0200. The van der Waals surface area contributed by atoms with Crippen molar-refractivity contribution in [3.05, 3.63) is 0 Å². The number of nitrogens with zero attached hydrogens (tertiary/aromatic N) is 2. The number of hydrogen-bond donors (Lipinski definition) is 1. The molecular weight excluding hydrogens is 746 g/mol. The molecule has 0 bridgehead atoms. The van der Waals surface area contributed by atoms with E-state index in [1.165, 1.54) is 128 Å². The van der Waals surface area contributed by atoms with Crippen LogP contribution >= 0.6 is 26.8 Å². The Balaban J connectivity index is 0.000000178. The van der Waals surface area contributed by atoms with Crippen LogP contribution in [0.3, 0.4) is 0 Å². The summed E-state index contributed by atoms with van der Waals surface area (Å²) < 4.78 is 42.0. The zero-order valence-corrected chi connectivity index (χ0v) is 36.6. The zero-order valence-electron chi connectivity index (χ0n) is 34.1. The minimum atomic E-state index is -3.36. The monoisotopic (exact) mass is 822 g/mol. The first-order chi connectivity index (χ1) is 26.2. The Morgan fingerprint density at radius 2 is 0.759 bits per heavy atom. The summed E-state index contributed by atoms with van der Waals surface area (Å²) >= 11 is 5.91. The van der Waals surface area contributed by atoms with Gasteiger partial charge in [-0.2, -0.15) is 0 Å². The molecule has 1 N–H and O–H groups in total. The maximum atomic E-state index is 12.1. The van der Waals surface area contributed by atoms with Crippen LogP contribution < -0.4 is 0 Å². The third-order valence-corrected chi connectivity index (χ3v) is 15.0. The van der Waals surface area contributed by atoms with Crippen molar-refractivity contribution in [3.63, 3.8) is 0 Å². The van der Waals surface area contributed by atoms with E-state index >= 15 is 0 Å². The Morgan fingerprint density at radius 3 is 0.981 bits per heavy atom. The third kappa shape index (κ3) is 19.6. The van der Waals surface area contributed by atoms with E-state index in [1.807, 2.05) is 14.1 Å². The van der Waals surface area contributed by atoms with Crippen molar-refractivity contribution >= 4 is 32.8 Å². The summed E-state index contributed by atoms with van der Waals surface area (Å²) in [5, 5.41) is 8.91. The molecule has 7 fully saturated rings. The third-order valence-electron chi connectivity index (χ3n) is 12.0. The average Bonchev–Trinajstić information content (AvgIpc) is 3.48. The number of aliphatic hydroxyl groups excluding tert-OH is 1. The molecule has 0 aromatic rings. The maximum absolute atomic E-state index is 12.1. The lowest BCUT2D eigenvalue weighted by molar-refractivity contribution is 0.0356. The Labute approximate surface area is 335 Å². The van der Waals surface area contributed by atoms with Crippen LogP contribution in [0.4, 0.5) is 4.79 Å². The number of amides is 2. The molecule has 6 saturated carbocycles. The highest BCUT2D eigenvalue weighted by atomic mass is 35.7.